The molecule has 2 N–H and O–H groups in total. The molecule has 4 atom stereocenters. The first kappa shape index (κ1) is 19.4. The number of fused-ring (bicyclic) bond motifs is 1. The van der Waals surface area contributed by atoms with Gasteiger partial charge in [0.25, 0.3) is 0 Å². The Hall–Kier alpha value is -1.90. The van der Waals surface area contributed by atoms with Crippen LogP contribution in [0.1, 0.15) is 23.8 Å². The van der Waals surface area contributed by atoms with Gasteiger partial charge in [0, 0.05) is 25.7 Å². The van der Waals surface area contributed by atoms with Gasteiger partial charge in [0.15, 0.2) is 11.6 Å². The summed E-state index contributed by atoms with van der Waals surface area (Å²) in [6.07, 6.45) is 3.17. The van der Waals surface area contributed by atoms with Gasteiger partial charge in [-0.05, 0) is 61.0 Å². The summed E-state index contributed by atoms with van der Waals surface area (Å²) in [5.74, 6) is -0.299. The Balaban J connectivity index is 1.31. The van der Waals surface area contributed by atoms with Gasteiger partial charge in [-0.15, -0.1) is 0 Å². The Bertz CT molecular complexity index is 810. The third-order valence-electron chi connectivity index (χ3n) is 5.63. The summed E-state index contributed by atoms with van der Waals surface area (Å²) in [6.45, 7) is 2.51. The van der Waals surface area contributed by atoms with E-state index < -0.39 is 11.6 Å². The van der Waals surface area contributed by atoms with Gasteiger partial charge in [-0.25, -0.2) is 8.78 Å². The van der Waals surface area contributed by atoms with Crippen molar-refractivity contribution in [3.05, 3.63) is 53.9 Å². The molecule has 1 aliphatic carbocycles. The molecule has 2 fully saturated rings. The van der Waals surface area contributed by atoms with Crippen molar-refractivity contribution in [3.8, 4) is 11.5 Å². The van der Waals surface area contributed by atoms with E-state index in [1.54, 1.807) is 12.1 Å². The molecular weight excluding hydrogens is 386 g/mol. The van der Waals surface area contributed by atoms with E-state index in [1.165, 1.54) is 12.3 Å². The first-order valence-electron chi connectivity index (χ1n) is 9.31. The number of ether oxygens (including phenoxy) is 1. The largest absolute Gasteiger partial charge is 0.506 e. The zero-order valence-electron chi connectivity index (χ0n) is 15.2. The molecule has 8 heteroatoms. The van der Waals surface area contributed by atoms with Crippen LogP contribution in [0.4, 0.5) is 8.78 Å². The maximum absolute atomic E-state index is 13.3. The number of aromatic nitrogens is 1. The lowest BCUT2D eigenvalue weighted by atomic mass is 10.0. The summed E-state index contributed by atoms with van der Waals surface area (Å²) in [4.78, 5) is 6.53. The van der Waals surface area contributed by atoms with Crippen molar-refractivity contribution in [1.82, 2.24) is 9.88 Å². The van der Waals surface area contributed by atoms with Crippen molar-refractivity contribution < 1.29 is 23.2 Å². The molecule has 1 aromatic heterocycles. The molecule has 150 valence electrons. The van der Waals surface area contributed by atoms with Crippen LogP contribution in [0.5, 0.6) is 11.5 Å². The van der Waals surface area contributed by atoms with E-state index in [0.717, 1.165) is 55.8 Å². The molecule has 1 aromatic carbocycles. The van der Waals surface area contributed by atoms with Crippen LogP contribution in [0.25, 0.3) is 0 Å². The minimum Gasteiger partial charge on any atom is -0.506 e. The van der Waals surface area contributed by atoms with E-state index >= 15 is 0 Å². The summed E-state index contributed by atoms with van der Waals surface area (Å²) in [6, 6.07) is 6.96. The van der Waals surface area contributed by atoms with Gasteiger partial charge in [-0.2, -0.15) is 0 Å². The average molecular weight is 408 g/mol. The predicted molar refractivity (Wildman–Crippen MR) is 102 cm³/mol. The number of halogens is 2. The molecule has 0 amide bonds. The quantitative estimate of drug-likeness (QED) is 0.702. The van der Waals surface area contributed by atoms with Crippen molar-refractivity contribution in [2.24, 2.45) is 11.8 Å². The number of hydrogen-bond acceptors (Lipinski definition) is 6. The highest BCUT2D eigenvalue weighted by atomic mass is 32.2. The zero-order valence-corrected chi connectivity index (χ0v) is 16.0. The monoisotopic (exact) mass is 408 g/mol. The lowest BCUT2D eigenvalue weighted by Gasteiger charge is -2.23. The Morgan fingerprint density at radius 1 is 1.14 bits per heavy atom. The van der Waals surface area contributed by atoms with Crippen LogP contribution in [0.15, 0.2) is 36.5 Å². The molecule has 5 nitrogen and oxygen atoms in total. The minimum atomic E-state index is -0.891. The van der Waals surface area contributed by atoms with Gasteiger partial charge < -0.3 is 19.3 Å². The minimum absolute atomic E-state index is 0.0174. The van der Waals surface area contributed by atoms with Crippen LogP contribution >= 0.6 is 12.0 Å². The molecule has 0 spiro atoms. The van der Waals surface area contributed by atoms with E-state index in [-0.39, 0.29) is 17.1 Å². The van der Waals surface area contributed by atoms with Gasteiger partial charge in [-0.1, -0.05) is 0 Å². The smallest absolute Gasteiger partial charge is 0.162 e. The molecule has 4 rings (SSSR count). The van der Waals surface area contributed by atoms with Crippen LogP contribution in [-0.4, -0.2) is 45.3 Å². The van der Waals surface area contributed by atoms with Gasteiger partial charge >= 0.3 is 0 Å². The molecule has 2 aromatic rings. The molecule has 1 saturated carbocycles. The number of hydrogen-bond donors (Lipinski definition) is 2. The van der Waals surface area contributed by atoms with Crippen molar-refractivity contribution in [2.75, 3.05) is 19.6 Å². The number of nitrogens with zero attached hydrogens (tertiary/aromatic N) is 2. The van der Waals surface area contributed by atoms with Crippen LogP contribution in [0, 0.1) is 23.5 Å². The molecule has 0 bridgehead atoms. The summed E-state index contributed by atoms with van der Waals surface area (Å²) in [5, 5.41) is 9.20. The highest BCUT2D eigenvalue weighted by molar-refractivity contribution is 7.94. The second-order valence-corrected chi connectivity index (χ2v) is 8.34. The maximum Gasteiger partial charge on any atom is 0.162 e. The van der Waals surface area contributed by atoms with Gasteiger partial charge in [0.2, 0.25) is 0 Å². The second kappa shape index (κ2) is 8.23. The normalized spacial score (nSPS) is 25.6. The summed E-state index contributed by atoms with van der Waals surface area (Å²) >= 11 is 0.772. The first-order valence-corrected chi connectivity index (χ1v) is 10.1. The standard InChI is InChI=1S/C20H22F2N2O3S/c21-17-3-2-15(7-18(17)22)27-16-5-12-9-24(10-13(12)6-16)11-20(28-26)19-4-1-14(25)8-23-19/h1-4,7-8,12-13,16,20,25-26H,5-6,9-11H2/t12-,13+,16+,20?. The van der Waals surface area contributed by atoms with Gasteiger partial charge in [-0.3, -0.25) is 4.98 Å². The van der Waals surface area contributed by atoms with E-state index in [0.29, 0.717) is 24.1 Å². The topological polar surface area (TPSA) is 65.8 Å². The molecule has 1 aliphatic heterocycles. The van der Waals surface area contributed by atoms with Crippen LogP contribution in [0.3, 0.4) is 0 Å². The summed E-state index contributed by atoms with van der Waals surface area (Å²) in [7, 11) is 0. The Morgan fingerprint density at radius 2 is 1.89 bits per heavy atom. The molecule has 2 heterocycles. The van der Waals surface area contributed by atoms with E-state index in [1.807, 2.05) is 0 Å². The molecule has 2 aliphatic rings. The Kier molecular flexibility index (Phi) is 5.70. The number of likely N-dealkylation sites (tertiary alicyclic amines) is 1. The summed E-state index contributed by atoms with van der Waals surface area (Å²) in [5.41, 5.74) is 0.738. The molecule has 1 saturated heterocycles. The van der Waals surface area contributed by atoms with E-state index in [2.05, 4.69) is 9.88 Å². The predicted octanol–water partition coefficient (Wildman–Crippen LogP) is 4.10. The first-order chi connectivity index (χ1) is 13.5. The van der Waals surface area contributed by atoms with Crippen LogP contribution in [-0.2, 0) is 0 Å². The Labute approximate surface area is 166 Å². The van der Waals surface area contributed by atoms with E-state index in [4.69, 9.17) is 4.74 Å². The SMILES string of the molecule is OSC(CN1C[C@H]2C[C@H](Oc3ccc(F)c(F)c3)C[C@H]2C1)c1ccc(O)cn1. The second-order valence-electron chi connectivity index (χ2n) is 7.56. The molecule has 1 unspecified atom stereocenters. The number of pyridine rings is 1. The Morgan fingerprint density at radius 3 is 2.50 bits per heavy atom. The summed E-state index contributed by atoms with van der Waals surface area (Å²) < 4.78 is 41.9. The number of rotatable bonds is 6. The lowest BCUT2D eigenvalue weighted by Crippen LogP contribution is -2.28. The highest BCUT2D eigenvalue weighted by Gasteiger charge is 2.42. The number of aromatic hydroxyl groups is 1. The fourth-order valence-electron chi connectivity index (χ4n) is 4.33. The fraction of sp³-hybridized carbons (Fsp3) is 0.450. The third kappa shape index (κ3) is 4.24. The van der Waals surface area contributed by atoms with Crippen LogP contribution < -0.4 is 4.74 Å². The lowest BCUT2D eigenvalue weighted by molar-refractivity contribution is 0.184. The highest BCUT2D eigenvalue weighted by Crippen LogP contribution is 2.41. The van der Waals surface area contributed by atoms with Gasteiger partial charge in [0.1, 0.15) is 11.5 Å². The van der Waals surface area contributed by atoms with Crippen molar-refractivity contribution in [1.29, 1.82) is 0 Å². The van der Waals surface area contributed by atoms with Crippen LogP contribution in [0.2, 0.25) is 0 Å². The van der Waals surface area contributed by atoms with E-state index in [9.17, 15) is 18.4 Å². The third-order valence-corrected chi connectivity index (χ3v) is 6.27. The van der Waals surface area contributed by atoms with Crippen molar-refractivity contribution >= 4 is 12.0 Å². The average Bonchev–Trinajstić information content (AvgIpc) is 3.21. The van der Waals surface area contributed by atoms with Crippen molar-refractivity contribution in [2.45, 2.75) is 24.2 Å². The molecule has 0 radical (unpaired) electrons. The molecule has 28 heavy (non-hydrogen) atoms. The van der Waals surface area contributed by atoms with Crippen molar-refractivity contribution in [3.63, 3.8) is 0 Å². The van der Waals surface area contributed by atoms with Gasteiger partial charge in [0.05, 0.1) is 23.2 Å². The number of benzene rings is 1. The fourth-order valence-corrected chi connectivity index (χ4v) is 4.86. The zero-order chi connectivity index (χ0) is 19.7. The molecular formula is C20H22F2N2O3S. The maximum atomic E-state index is 13.3.